The molecule has 1 N–H and O–H groups in total. The van der Waals surface area contributed by atoms with E-state index in [4.69, 9.17) is 4.74 Å². The highest BCUT2D eigenvalue weighted by Gasteiger charge is 2.22. The Morgan fingerprint density at radius 1 is 1.24 bits per heavy atom. The van der Waals surface area contributed by atoms with Gasteiger partial charge in [-0.25, -0.2) is 0 Å². The minimum Gasteiger partial charge on any atom is -0.490 e. The van der Waals surface area contributed by atoms with E-state index in [0.29, 0.717) is 6.10 Å². The van der Waals surface area contributed by atoms with Crippen LogP contribution in [0.2, 0.25) is 0 Å². The predicted molar refractivity (Wildman–Crippen MR) is 68.1 cm³/mol. The summed E-state index contributed by atoms with van der Waals surface area (Å²) >= 11 is 0. The van der Waals surface area contributed by atoms with Crippen LogP contribution in [-0.4, -0.2) is 31.1 Å². The summed E-state index contributed by atoms with van der Waals surface area (Å²) in [5.41, 5.74) is 2.83. The highest BCUT2D eigenvalue weighted by molar-refractivity contribution is 5.42. The van der Waals surface area contributed by atoms with Gasteiger partial charge < -0.3 is 10.1 Å². The standard InChI is InChI=1S/C14H20N2O/c1-16-9-11-3-2-4-14(13(11)10-16)17-12-5-7-15-8-6-12/h2-4,12,15H,5-10H2,1H3. The fraction of sp³-hybridized carbons (Fsp3) is 0.571. The van der Waals surface area contributed by atoms with Crippen LogP contribution in [0.25, 0.3) is 0 Å². The van der Waals surface area contributed by atoms with Crippen molar-refractivity contribution in [1.82, 2.24) is 10.2 Å². The van der Waals surface area contributed by atoms with Crippen molar-refractivity contribution in [3.63, 3.8) is 0 Å². The third-order valence-electron chi connectivity index (χ3n) is 3.68. The van der Waals surface area contributed by atoms with Gasteiger partial charge in [0.25, 0.3) is 0 Å². The Labute approximate surface area is 103 Å². The second-order valence-corrected chi connectivity index (χ2v) is 5.13. The summed E-state index contributed by atoms with van der Waals surface area (Å²) in [5, 5.41) is 3.37. The normalized spacial score (nSPS) is 21.5. The third kappa shape index (κ3) is 2.31. The SMILES string of the molecule is CN1Cc2cccc(OC3CCNCC3)c2C1. The summed E-state index contributed by atoms with van der Waals surface area (Å²) < 4.78 is 6.18. The van der Waals surface area contributed by atoms with Crippen LogP contribution < -0.4 is 10.1 Å². The van der Waals surface area contributed by atoms with E-state index in [1.807, 2.05) is 0 Å². The van der Waals surface area contributed by atoms with Gasteiger partial charge in [0.05, 0.1) is 0 Å². The maximum absolute atomic E-state index is 6.18. The molecule has 0 radical (unpaired) electrons. The molecular weight excluding hydrogens is 212 g/mol. The molecule has 0 saturated carbocycles. The summed E-state index contributed by atoms with van der Waals surface area (Å²) in [6.07, 6.45) is 2.65. The van der Waals surface area contributed by atoms with E-state index in [1.54, 1.807) is 0 Å². The molecule has 0 amide bonds. The lowest BCUT2D eigenvalue weighted by Crippen LogP contribution is -2.34. The van der Waals surface area contributed by atoms with Gasteiger partial charge in [-0.3, -0.25) is 4.90 Å². The molecule has 3 rings (SSSR count). The number of benzene rings is 1. The van der Waals surface area contributed by atoms with Crippen LogP contribution in [0.1, 0.15) is 24.0 Å². The van der Waals surface area contributed by atoms with Crippen molar-refractivity contribution in [3.8, 4) is 5.75 Å². The minimum atomic E-state index is 0.397. The Hall–Kier alpha value is -1.06. The van der Waals surface area contributed by atoms with E-state index in [9.17, 15) is 0 Å². The Morgan fingerprint density at radius 3 is 2.88 bits per heavy atom. The zero-order chi connectivity index (χ0) is 11.7. The van der Waals surface area contributed by atoms with E-state index >= 15 is 0 Å². The van der Waals surface area contributed by atoms with Crippen molar-refractivity contribution >= 4 is 0 Å². The van der Waals surface area contributed by atoms with Gasteiger partial charge >= 0.3 is 0 Å². The molecule has 2 heterocycles. The van der Waals surface area contributed by atoms with Crippen molar-refractivity contribution < 1.29 is 4.74 Å². The maximum atomic E-state index is 6.18. The number of rotatable bonds is 2. The molecule has 1 aromatic rings. The lowest BCUT2D eigenvalue weighted by molar-refractivity contribution is 0.160. The van der Waals surface area contributed by atoms with Crippen molar-refractivity contribution in [3.05, 3.63) is 29.3 Å². The summed E-state index contributed by atoms with van der Waals surface area (Å²) in [4.78, 5) is 2.33. The highest BCUT2D eigenvalue weighted by Crippen LogP contribution is 2.31. The fourth-order valence-corrected chi connectivity index (χ4v) is 2.76. The van der Waals surface area contributed by atoms with Gasteiger partial charge in [0, 0.05) is 18.7 Å². The van der Waals surface area contributed by atoms with Crippen LogP contribution in [-0.2, 0) is 13.1 Å². The van der Waals surface area contributed by atoms with Crippen molar-refractivity contribution in [1.29, 1.82) is 0 Å². The van der Waals surface area contributed by atoms with Gasteiger partial charge in [-0.1, -0.05) is 12.1 Å². The fourth-order valence-electron chi connectivity index (χ4n) is 2.76. The number of piperidine rings is 1. The average molecular weight is 232 g/mol. The first kappa shape index (κ1) is 11.1. The van der Waals surface area contributed by atoms with Gasteiger partial charge in [0.15, 0.2) is 0 Å². The number of hydrogen-bond acceptors (Lipinski definition) is 3. The number of nitrogens with zero attached hydrogens (tertiary/aromatic N) is 1. The number of nitrogens with one attached hydrogen (secondary N) is 1. The maximum Gasteiger partial charge on any atom is 0.124 e. The summed E-state index contributed by atoms with van der Waals surface area (Å²) in [6, 6.07) is 6.46. The first-order valence-corrected chi connectivity index (χ1v) is 6.49. The van der Waals surface area contributed by atoms with Crippen LogP contribution in [0.5, 0.6) is 5.75 Å². The molecule has 2 aliphatic heterocycles. The summed E-state index contributed by atoms with van der Waals surface area (Å²) in [7, 11) is 2.16. The second-order valence-electron chi connectivity index (χ2n) is 5.13. The quantitative estimate of drug-likeness (QED) is 0.841. The van der Waals surface area contributed by atoms with Crippen molar-refractivity contribution in [2.24, 2.45) is 0 Å². The zero-order valence-electron chi connectivity index (χ0n) is 10.4. The van der Waals surface area contributed by atoms with Crippen LogP contribution in [0.4, 0.5) is 0 Å². The Kier molecular flexibility index (Phi) is 3.04. The van der Waals surface area contributed by atoms with E-state index in [2.05, 4.69) is 35.5 Å². The van der Waals surface area contributed by atoms with E-state index < -0.39 is 0 Å². The molecule has 0 atom stereocenters. The van der Waals surface area contributed by atoms with Gasteiger partial charge in [0.1, 0.15) is 11.9 Å². The molecule has 0 aromatic heterocycles. The molecule has 1 fully saturated rings. The molecule has 17 heavy (non-hydrogen) atoms. The van der Waals surface area contributed by atoms with Crippen LogP contribution in [0.15, 0.2) is 18.2 Å². The Balaban J connectivity index is 1.77. The molecule has 1 aromatic carbocycles. The predicted octanol–water partition coefficient (Wildman–Crippen LogP) is 1.76. The summed E-state index contributed by atoms with van der Waals surface area (Å²) in [5.74, 6) is 1.11. The molecule has 0 bridgehead atoms. The smallest absolute Gasteiger partial charge is 0.124 e. The van der Waals surface area contributed by atoms with Gasteiger partial charge in [-0.2, -0.15) is 0 Å². The largest absolute Gasteiger partial charge is 0.490 e. The zero-order valence-corrected chi connectivity index (χ0v) is 10.4. The lowest BCUT2D eigenvalue weighted by atomic mass is 10.1. The van der Waals surface area contributed by atoms with Gasteiger partial charge in [-0.05, 0) is 44.6 Å². The molecule has 3 heteroatoms. The number of fused-ring (bicyclic) bond motifs is 1. The van der Waals surface area contributed by atoms with E-state index in [0.717, 1.165) is 44.8 Å². The molecule has 92 valence electrons. The molecule has 0 aliphatic carbocycles. The monoisotopic (exact) mass is 232 g/mol. The Morgan fingerprint density at radius 2 is 2.06 bits per heavy atom. The van der Waals surface area contributed by atoms with Crippen LogP contribution >= 0.6 is 0 Å². The van der Waals surface area contributed by atoms with Crippen molar-refractivity contribution in [2.45, 2.75) is 32.0 Å². The molecule has 2 aliphatic rings. The lowest BCUT2D eigenvalue weighted by Gasteiger charge is -2.25. The first-order valence-electron chi connectivity index (χ1n) is 6.49. The molecule has 0 spiro atoms. The van der Waals surface area contributed by atoms with Crippen LogP contribution in [0.3, 0.4) is 0 Å². The third-order valence-corrected chi connectivity index (χ3v) is 3.68. The highest BCUT2D eigenvalue weighted by atomic mass is 16.5. The second kappa shape index (κ2) is 4.67. The van der Waals surface area contributed by atoms with Crippen molar-refractivity contribution in [2.75, 3.05) is 20.1 Å². The van der Waals surface area contributed by atoms with E-state index in [1.165, 1.54) is 11.1 Å². The average Bonchev–Trinajstić information content (AvgIpc) is 2.72. The van der Waals surface area contributed by atoms with Crippen LogP contribution in [0, 0.1) is 0 Å². The molecule has 1 saturated heterocycles. The summed E-state index contributed by atoms with van der Waals surface area (Å²) in [6.45, 7) is 4.24. The van der Waals surface area contributed by atoms with E-state index in [-0.39, 0.29) is 0 Å². The minimum absolute atomic E-state index is 0.397. The number of ether oxygens (including phenoxy) is 1. The molecular formula is C14H20N2O. The van der Waals surface area contributed by atoms with Gasteiger partial charge in [0.2, 0.25) is 0 Å². The number of hydrogen-bond donors (Lipinski definition) is 1. The first-order chi connectivity index (χ1) is 8.33. The topological polar surface area (TPSA) is 24.5 Å². The molecule has 0 unspecified atom stereocenters. The molecule has 3 nitrogen and oxygen atoms in total. The van der Waals surface area contributed by atoms with Gasteiger partial charge in [-0.15, -0.1) is 0 Å². The Bertz CT molecular complexity index is 399.